The first-order chi connectivity index (χ1) is 4.86. The van der Waals surface area contributed by atoms with Crippen molar-refractivity contribution < 1.29 is 1.37 Å². The second-order valence-electron chi connectivity index (χ2n) is 1.88. The lowest BCUT2D eigenvalue weighted by Crippen LogP contribution is -1.63. The van der Waals surface area contributed by atoms with E-state index in [9.17, 15) is 0 Å². The number of rotatable bonds is 0. The molecule has 2 heteroatoms. The van der Waals surface area contributed by atoms with E-state index in [0.717, 1.165) is 10.9 Å². The van der Waals surface area contributed by atoms with Gasteiger partial charge in [-0.25, -0.2) is 0 Å². The Hall–Kier alpha value is -1.31. The van der Waals surface area contributed by atoms with Gasteiger partial charge in [0, 0.05) is 5.39 Å². The number of aromatic amines is 1. The molecule has 2 nitrogen and oxygen atoms in total. The third-order valence-corrected chi connectivity index (χ3v) is 1.28. The highest BCUT2D eigenvalue weighted by atomic mass is 15.1. The summed E-state index contributed by atoms with van der Waals surface area (Å²) in [4.78, 5) is 0. The molecule has 1 heterocycles. The Morgan fingerprint density at radius 2 is 2.56 bits per heavy atom. The van der Waals surface area contributed by atoms with Crippen LogP contribution in [0.3, 0.4) is 0 Å². The van der Waals surface area contributed by atoms with E-state index in [0.29, 0.717) is 6.04 Å². The van der Waals surface area contributed by atoms with Gasteiger partial charge in [0.1, 0.15) is 0 Å². The van der Waals surface area contributed by atoms with Crippen LogP contribution in [-0.2, 0) is 0 Å². The van der Waals surface area contributed by atoms with E-state index in [1.807, 2.05) is 6.07 Å². The first kappa shape index (κ1) is 3.67. The van der Waals surface area contributed by atoms with Gasteiger partial charge in [-0.2, -0.15) is 5.10 Å². The first-order valence-electron chi connectivity index (χ1n) is 3.26. The minimum atomic E-state index is 0.522. The van der Waals surface area contributed by atoms with E-state index in [4.69, 9.17) is 1.37 Å². The van der Waals surface area contributed by atoms with E-state index in [-0.39, 0.29) is 0 Å². The summed E-state index contributed by atoms with van der Waals surface area (Å²) in [5.41, 5.74) is 0.982. The maximum absolute atomic E-state index is 7.27. The summed E-state index contributed by atoms with van der Waals surface area (Å²) < 4.78 is 7.27. The maximum atomic E-state index is 7.27. The van der Waals surface area contributed by atoms with Crippen molar-refractivity contribution in [3.05, 3.63) is 30.4 Å². The van der Waals surface area contributed by atoms with Gasteiger partial charge in [0.05, 0.1) is 13.1 Å². The van der Waals surface area contributed by atoms with Gasteiger partial charge in [0.2, 0.25) is 0 Å². The predicted octanol–water partition coefficient (Wildman–Crippen LogP) is 1.56. The lowest BCUT2D eigenvalue weighted by atomic mass is 10.3. The number of nitrogens with zero attached hydrogens (tertiary/aromatic N) is 1. The molecule has 1 N–H and O–H groups in total. The molecule has 0 saturated carbocycles. The minimum Gasteiger partial charge on any atom is -0.278 e. The van der Waals surface area contributed by atoms with Crippen molar-refractivity contribution in [2.24, 2.45) is 0 Å². The third-order valence-electron chi connectivity index (χ3n) is 1.28. The zero-order valence-electron chi connectivity index (χ0n) is 5.76. The minimum absolute atomic E-state index is 0.522. The van der Waals surface area contributed by atoms with Crippen LogP contribution in [0.1, 0.15) is 1.37 Å². The molecule has 0 fully saturated rings. The Kier molecular flexibility index (Phi) is 0.646. The summed E-state index contributed by atoms with van der Waals surface area (Å²) in [6.45, 7) is 0. The molecule has 0 atom stereocenters. The lowest BCUT2D eigenvalue weighted by Gasteiger charge is -1.81. The number of hydrogen-bond acceptors (Lipinski definition) is 1. The number of nitrogens with one attached hydrogen (secondary N) is 1. The van der Waals surface area contributed by atoms with Crippen LogP contribution in [0.2, 0.25) is 0 Å². The van der Waals surface area contributed by atoms with Gasteiger partial charge in [-0.3, -0.25) is 5.10 Å². The van der Waals surface area contributed by atoms with E-state index < -0.39 is 0 Å². The topological polar surface area (TPSA) is 28.7 Å². The molecule has 9 heavy (non-hydrogen) atoms. The number of fused-ring (bicyclic) bond motifs is 1. The fraction of sp³-hybridized carbons (Fsp3) is 0. The third kappa shape index (κ3) is 0.598. The zero-order chi connectivity index (χ0) is 6.97. The molecule has 1 aromatic carbocycles. The van der Waals surface area contributed by atoms with E-state index >= 15 is 0 Å². The molecule has 0 amide bonds. The average Bonchev–Trinajstić information content (AvgIpc) is 2.33. The van der Waals surface area contributed by atoms with Crippen LogP contribution in [0.15, 0.2) is 30.4 Å². The van der Waals surface area contributed by atoms with E-state index in [2.05, 4.69) is 10.2 Å². The van der Waals surface area contributed by atoms with Crippen LogP contribution in [0.4, 0.5) is 0 Å². The van der Waals surface area contributed by atoms with Gasteiger partial charge < -0.3 is 0 Å². The predicted molar refractivity (Wildman–Crippen MR) is 36.1 cm³/mol. The highest BCUT2D eigenvalue weighted by molar-refractivity contribution is 5.77. The highest BCUT2D eigenvalue weighted by Crippen LogP contribution is 2.06. The van der Waals surface area contributed by atoms with Crippen molar-refractivity contribution in [2.75, 3.05) is 0 Å². The van der Waals surface area contributed by atoms with Crippen LogP contribution in [0, 0.1) is 0 Å². The number of para-hydroxylation sites is 1. The van der Waals surface area contributed by atoms with E-state index in [1.54, 1.807) is 18.3 Å². The first-order valence-corrected chi connectivity index (χ1v) is 2.76. The number of hydrogen-bond donors (Lipinski definition) is 1. The smallest absolute Gasteiger partial charge is 0.0650 e. The Balaban J connectivity index is 2.86. The number of benzene rings is 1. The molecule has 0 aliphatic heterocycles. The van der Waals surface area contributed by atoms with Gasteiger partial charge in [-0.05, 0) is 6.07 Å². The second kappa shape index (κ2) is 1.58. The fourth-order valence-electron chi connectivity index (χ4n) is 0.823. The summed E-state index contributed by atoms with van der Waals surface area (Å²) in [6.07, 6.45) is 1.72. The standard InChI is InChI=1S/C7H6N2/c1-2-4-7-6(3-1)5-8-9-7/h1-5H,(H,8,9)/i1D. The lowest BCUT2D eigenvalue weighted by molar-refractivity contribution is 1.12. The molecule has 2 aromatic rings. The normalized spacial score (nSPS) is 11.8. The quantitative estimate of drug-likeness (QED) is 0.560. The molecule has 0 unspecified atom stereocenters. The van der Waals surface area contributed by atoms with Crippen LogP contribution in [0.5, 0.6) is 0 Å². The van der Waals surface area contributed by atoms with Crippen LogP contribution >= 0.6 is 0 Å². The summed E-state index contributed by atoms with van der Waals surface area (Å²) in [5, 5.41) is 7.64. The van der Waals surface area contributed by atoms with Gasteiger partial charge in [-0.1, -0.05) is 18.2 Å². The molecule has 0 saturated heterocycles. The van der Waals surface area contributed by atoms with Gasteiger partial charge in [-0.15, -0.1) is 0 Å². The van der Waals surface area contributed by atoms with Crippen LogP contribution in [0.25, 0.3) is 10.9 Å². The maximum Gasteiger partial charge on any atom is 0.0650 e. The molecule has 1 aromatic heterocycles. The largest absolute Gasteiger partial charge is 0.278 e. The van der Waals surface area contributed by atoms with Gasteiger partial charge in [0.15, 0.2) is 0 Å². The summed E-state index contributed by atoms with van der Waals surface area (Å²) >= 11 is 0. The van der Waals surface area contributed by atoms with Crippen LogP contribution in [-0.4, -0.2) is 10.2 Å². The van der Waals surface area contributed by atoms with Crippen LogP contribution < -0.4 is 0 Å². The molecule has 0 bridgehead atoms. The Morgan fingerprint density at radius 3 is 3.56 bits per heavy atom. The molecule has 0 aliphatic rings. The van der Waals surface area contributed by atoms with Crippen molar-refractivity contribution in [3.63, 3.8) is 0 Å². The molecule has 44 valence electrons. The Bertz CT molecular complexity index is 353. The van der Waals surface area contributed by atoms with Crippen molar-refractivity contribution in [2.45, 2.75) is 0 Å². The Morgan fingerprint density at radius 1 is 1.56 bits per heavy atom. The summed E-state index contributed by atoms with van der Waals surface area (Å²) in [6, 6.07) is 5.89. The monoisotopic (exact) mass is 119 g/mol. The summed E-state index contributed by atoms with van der Waals surface area (Å²) in [5.74, 6) is 0. The van der Waals surface area contributed by atoms with Gasteiger partial charge >= 0.3 is 0 Å². The Labute approximate surface area is 53.9 Å². The van der Waals surface area contributed by atoms with Crippen molar-refractivity contribution in [1.29, 1.82) is 0 Å². The molecule has 2 rings (SSSR count). The van der Waals surface area contributed by atoms with Crippen molar-refractivity contribution in [1.82, 2.24) is 10.2 Å². The highest BCUT2D eigenvalue weighted by Gasteiger charge is 1.88. The molecular weight excluding hydrogens is 112 g/mol. The molecule has 0 aliphatic carbocycles. The van der Waals surface area contributed by atoms with Crippen molar-refractivity contribution in [3.8, 4) is 0 Å². The molecule has 0 spiro atoms. The average molecular weight is 119 g/mol. The summed E-state index contributed by atoms with van der Waals surface area (Å²) in [7, 11) is 0. The SMILES string of the molecule is [2H]c1ccc2[nH]ncc2c1. The molecule has 0 radical (unpaired) electrons. The van der Waals surface area contributed by atoms with E-state index in [1.165, 1.54) is 0 Å². The number of aromatic nitrogens is 2. The van der Waals surface area contributed by atoms with Gasteiger partial charge in [0.25, 0.3) is 0 Å². The number of H-pyrrole nitrogens is 1. The zero-order valence-corrected chi connectivity index (χ0v) is 4.76. The fourth-order valence-corrected chi connectivity index (χ4v) is 0.823. The van der Waals surface area contributed by atoms with Crippen molar-refractivity contribution >= 4 is 10.9 Å². The second-order valence-corrected chi connectivity index (χ2v) is 1.88. The molecular formula is C7H6N2.